The fraction of sp³-hybridized carbons (Fsp3) is 0.679. The number of thioether (sulfide) groups is 1. The molecule has 7 nitrogen and oxygen atoms in total. The SMILES string of the molecule is CCC(C)N(C(=O)C(CCSC)NC(=O)OC(C)(C)C)C(C(=O)NC(C)(C)C)c1cc(C)ccc1C. The Bertz CT molecular complexity index is 905. The fourth-order valence-electron chi connectivity index (χ4n) is 3.83. The number of nitrogens with zero attached hydrogens (tertiary/aromatic N) is 1. The summed E-state index contributed by atoms with van der Waals surface area (Å²) in [4.78, 5) is 42.3. The summed E-state index contributed by atoms with van der Waals surface area (Å²) < 4.78 is 5.45. The van der Waals surface area contributed by atoms with Gasteiger partial charge in [-0.3, -0.25) is 9.59 Å². The van der Waals surface area contributed by atoms with E-state index in [9.17, 15) is 14.4 Å². The normalized spacial score (nSPS) is 14.4. The van der Waals surface area contributed by atoms with Crippen molar-refractivity contribution in [3.63, 3.8) is 0 Å². The maximum Gasteiger partial charge on any atom is 0.408 e. The summed E-state index contributed by atoms with van der Waals surface area (Å²) in [5, 5.41) is 5.87. The molecule has 0 spiro atoms. The number of nitrogens with one attached hydrogen (secondary N) is 2. The number of rotatable bonds is 10. The molecular formula is C28H47N3O4S. The van der Waals surface area contributed by atoms with E-state index in [-0.39, 0.29) is 17.9 Å². The van der Waals surface area contributed by atoms with Crippen LogP contribution in [0.15, 0.2) is 18.2 Å². The maximum absolute atomic E-state index is 14.2. The Hall–Kier alpha value is -2.22. The lowest BCUT2D eigenvalue weighted by molar-refractivity contribution is -0.145. The molecule has 0 bridgehead atoms. The van der Waals surface area contributed by atoms with Gasteiger partial charge in [-0.1, -0.05) is 30.7 Å². The van der Waals surface area contributed by atoms with Crippen LogP contribution in [0.2, 0.25) is 0 Å². The summed E-state index contributed by atoms with van der Waals surface area (Å²) >= 11 is 1.59. The van der Waals surface area contributed by atoms with Crippen molar-refractivity contribution < 1.29 is 19.1 Å². The van der Waals surface area contributed by atoms with Crippen LogP contribution >= 0.6 is 11.8 Å². The van der Waals surface area contributed by atoms with Crippen molar-refractivity contribution in [3.05, 3.63) is 34.9 Å². The van der Waals surface area contributed by atoms with Crippen LogP contribution in [0.5, 0.6) is 0 Å². The van der Waals surface area contributed by atoms with Gasteiger partial charge in [-0.15, -0.1) is 0 Å². The Morgan fingerprint density at radius 2 is 1.69 bits per heavy atom. The molecule has 1 aromatic carbocycles. The molecule has 0 aliphatic heterocycles. The number of hydrogen-bond donors (Lipinski definition) is 2. The molecule has 0 heterocycles. The molecular weight excluding hydrogens is 474 g/mol. The molecule has 0 radical (unpaired) electrons. The first-order chi connectivity index (χ1) is 16.5. The van der Waals surface area contributed by atoms with Crippen LogP contribution in [-0.4, -0.2) is 58.0 Å². The van der Waals surface area contributed by atoms with Crippen molar-refractivity contribution >= 4 is 29.7 Å². The van der Waals surface area contributed by atoms with Crippen molar-refractivity contribution in [2.75, 3.05) is 12.0 Å². The molecule has 3 amide bonds. The number of ether oxygens (including phenoxy) is 1. The topological polar surface area (TPSA) is 87.7 Å². The molecule has 0 fully saturated rings. The van der Waals surface area contributed by atoms with E-state index < -0.39 is 29.3 Å². The van der Waals surface area contributed by atoms with E-state index in [1.165, 1.54) is 0 Å². The number of carbonyl (C=O) groups excluding carboxylic acids is 3. The first-order valence-electron chi connectivity index (χ1n) is 12.7. The van der Waals surface area contributed by atoms with Crippen molar-refractivity contribution in [1.82, 2.24) is 15.5 Å². The zero-order chi connectivity index (χ0) is 27.8. The largest absolute Gasteiger partial charge is 0.444 e. The van der Waals surface area contributed by atoms with Gasteiger partial charge in [0.05, 0.1) is 0 Å². The van der Waals surface area contributed by atoms with Crippen LogP contribution in [-0.2, 0) is 14.3 Å². The van der Waals surface area contributed by atoms with Gasteiger partial charge >= 0.3 is 6.09 Å². The van der Waals surface area contributed by atoms with Crippen LogP contribution in [0.4, 0.5) is 4.79 Å². The van der Waals surface area contributed by atoms with Gasteiger partial charge in [0.15, 0.2) is 0 Å². The van der Waals surface area contributed by atoms with Gasteiger partial charge in [0.1, 0.15) is 17.7 Å². The number of carbonyl (C=O) groups is 3. The van der Waals surface area contributed by atoms with Crippen LogP contribution in [0.1, 0.15) is 91.0 Å². The minimum Gasteiger partial charge on any atom is -0.444 e. The second-order valence-corrected chi connectivity index (χ2v) is 12.5. The second-order valence-electron chi connectivity index (χ2n) is 11.5. The molecule has 0 aromatic heterocycles. The molecule has 204 valence electrons. The molecule has 1 rings (SSSR count). The van der Waals surface area contributed by atoms with Crippen LogP contribution in [0.25, 0.3) is 0 Å². The highest BCUT2D eigenvalue weighted by molar-refractivity contribution is 7.98. The number of aryl methyl sites for hydroxylation is 2. The standard InChI is InChI=1S/C28H47N3O4S/c1-12-20(4)31(25(33)22(15-16-36-11)29-26(34)35-28(8,9)10)23(24(32)30-27(5,6)7)21-17-18(2)13-14-19(21)3/h13-14,17,20,22-23H,12,15-16H2,1-11H3,(H,29,34)(H,30,32). The zero-order valence-corrected chi connectivity index (χ0v) is 24.9. The van der Waals surface area contributed by atoms with Gasteiger partial charge in [-0.2, -0.15) is 11.8 Å². The van der Waals surface area contributed by atoms with Gasteiger partial charge in [-0.25, -0.2) is 4.79 Å². The second kappa shape index (κ2) is 13.4. The summed E-state index contributed by atoms with van der Waals surface area (Å²) in [5.74, 6) is 0.132. The fourth-order valence-corrected chi connectivity index (χ4v) is 4.30. The lowest BCUT2D eigenvalue weighted by Crippen LogP contribution is -2.57. The summed E-state index contributed by atoms with van der Waals surface area (Å²) in [7, 11) is 0. The molecule has 3 atom stereocenters. The minimum absolute atomic E-state index is 0.245. The number of benzene rings is 1. The van der Waals surface area contributed by atoms with E-state index in [4.69, 9.17) is 4.74 Å². The van der Waals surface area contributed by atoms with Gasteiger partial charge in [0.2, 0.25) is 11.8 Å². The first-order valence-corrected chi connectivity index (χ1v) is 14.1. The summed E-state index contributed by atoms with van der Waals surface area (Å²) in [6.07, 6.45) is 2.38. The predicted octanol–water partition coefficient (Wildman–Crippen LogP) is 5.53. The maximum atomic E-state index is 14.2. The highest BCUT2D eigenvalue weighted by atomic mass is 32.2. The van der Waals surface area contributed by atoms with Crippen molar-refractivity contribution in [3.8, 4) is 0 Å². The molecule has 0 aliphatic rings. The van der Waals surface area contributed by atoms with E-state index >= 15 is 0 Å². The number of amides is 3. The molecule has 0 aliphatic carbocycles. The van der Waals surface area contributed by atoms with E-state index in [0.29, 0.717) is 18.6 Å². The lowest BCUT2D eigenvalue weighted by atomic mass is 9.93. The van der Waals surface area contributed by atoms with E-state index in [1.807, 2.05) is 72.9 Å². The summed E-state index contributed by atoms with van der Waals surface area (Å²) in [6.45, 7) is 19.0. The van der Waals surface area contributed by atoms with E-state index in [2.05, 4.69) is 10.6 Å². The summed E-state index contributed by atoms with van der Waals surface area (Å²) in [6, 6.07) is 4.04. The lowest BCUT2D eigenvalue weighted by Gasteiger charge is -2.40. The smallest absolute Gasteiger partial charge is 0.408 e. The zero-order valence-electron chi connectivity index (χ0n) is 24.1. The van der Waals surface area contributed by atoms with E-state index in [1.54, 1.807) is 37.4 Å². The monoisotopic (exact) mass is 521 g/mol. The van der Waals surface area contributed by atoms with Crippen molar-refractivity contribution in [2.24, 2.45) is 0 Å². The average Bonchev–Trinajstić information content (AvgIpc) is 2.73. The molecule has 36 heavy (non-hydrogen) atoms. The Morgan fingerprint density at radius 3 is 2.19 bits per heavy atom. The molecule has 3 unspecified atom stereocenters. The Kier molecular flexibility index (Phi) is 11.8. The quantitative estimate of drug-likeness (QED) is 0.423. The average molecular weight is 522 g/mol. The summed E-state index contributed by atoms with van der Waals surface area (Å²) in [5.41, 5.74) is 1.54. The number of alkyl carbamates (subject to hydrolysis) is 1. The van der Waals surface area contributed by atoms with Crippen LogP contribution < -0.4 is 10.6 Å². The Morgan fingerprint density at radius 1 is 1.08 bits per heavy atom. The molecule has 1 aromatic rings. The third-order valence-corrected chi connectivity index (χ3v) is 6.32. The predicted molar refractivity (Wildman–Crippen MR) is 149 cm³/mol. The van der Waals surface area contributed by atoms with E-state index in [0.717, 1.165) is 16.7 Å². The Labute approximate surface area is 222 Å². The molecule has 0 saturated carbocycles. The van der Waals surface area contributed by atoms with Gasteiger partial charge in [-0.05, 0) is 98.3 Å². The highest BCUT2D eigenvalue weighted by Gasteiger charge is 2.39. The van der Waals surface area contributed by atoms with Crippen LogP contribution in [0.3, 0.4) is 0 Å². The molecule has 8 heteroatoms. The third-order valence-electron chi connectivity index (χ3n) is 5.67. The molecule has 2 N–H and O–H groups in total. The Balaban J connectivity index is 3.62. The highest BCUT2D eigenvalue weighted by Crippen LogP contribution is 2.30. The first kappa shape index (κ1) is 31.8. The van der Waals surface area contributed by atoms with Crippen LogP contribution in [0, 0.1) is 13.8 Å². The van der Waals surface area contributed by atoms with Gasteiger partial charge < -0.3 is 20.3 Å². The third kappa shape index (κ3) is 10.0. The number of hydrogen-bond acceptors (Lipinski definition) is 5. The molecule has 0 saturated heterocycles. The van der Waals surface area contributed by atoms with Gasteiger partial charge in [0, 0.05) is 11.6 Å². The van der Waals surface area contributed by atoms with Crippen molar-refractivity contribution in [1.29, 1.82) is 0 Å². The van der Waals surface area contributed by atoms with Gasteiger partial charge in [0.25, 0.3) is 0 Å². The van der Waals surface area contributed by atoms with Crippen molar-refractivity contribution in [2.45, 2.75) is 111 Å². The minimum atomic E-state index is -0.844.